The molecule has 3 heterocycles. The Labute approximate surface area is 120 Å². The summed E-state index contributed by atoms with van der Waals surface area (Å²) in [6, 6.07) is 0.631. The van der Waals surface area contributed by atoms with Gasteiger partial charge in [0.25, 0.3) is 0 Å². The predicted molar refractivity (Wildman–Crippen MR) is 75.7 cm³/mol. The average molecular weight is 282 g/mol. The number of fused-ring (bicyclic) bond motifs is 2. The normalized spacial score (nSPS) is 40.4. The van der Waals surface area contributed by atoms with Gasteiger partial charge in [-0.2, -0.15) is 0 Å². The SMILES string of the molecule is CCCN(C1CCN2CCC1C2)C1COCC1C(=O)O. The van der Waals surface area contributed by atoms with E-state index < -0.39 is 5.97 Å². The first kappa shape index (κ1) is 14.3. The van der Waals surface area contributed by atoms with Crippen molar-refractivity contribution in [2.24, 2.45) is 11.8 Å². The van der Waals surface area contributed by atoms with Gasteiger partial charge in [0.2, 0.25) is 0 Å². The summed E-state index contributed by atoms with van der Waals surface area (Å²) in [4.78, 5) is 16.5. The van der Waals surface area contributed by atoms with Crippen molar-refractivity contribution in [2.45, 2.75) is 38.3 Å². The van der Waals surface area contributed by atoms with E-state index in [1.54, 1.807) is 0 Å². The minimum atomic E-state index is -0.697. The number of ether oxygens (including phenoxy) is 1. The maximum atomic E-state index is 11.4. The number of piperidine rings is 1. The zero-order chi connectivity index (χ0) is 14.1. The molecule has 0 spiro atoms. The Morgan fingerprint density at radius 2 is 2.10 bits per heavy atom. The van der Waals surface area contributed by atoms with E-state index >= 15 is 0 Å². The van der Waals surface area contributed by atoms with Gasteiger partial charge in [-0.3, -0.25) is 9.69 Å². The van der Waals surface area contributed by atoms with Gasteiger partial charge < -0.3 is 14.7 Å². The van der Waals surface area contributed by atoms with Gasteiger partial charge in [0.1, 0.15) is 0 Å². The molecule has 1 N–H and O–H groups in total. The molecule has 5 unspecified atom stereocenters. The third kappa shape index (κ3) is 2.59. The fourth-order valence-corrected chi connectivity index (χ4v) is 4.31. The maximum Gasteiger partial charge on any atom is 0.310 e. The molecule has 0 amide bonds. The van der Waals surface area contributed by atoms with Crippen molar-refractivity contribution >= 4 is 5.97 Å². The highest BCUT2D eigenvalue weighted by Crippen LogP contribution is 2.34. The molecule has 114 valence electrons. The molecule has 3 aliphatic rings. The molecule has 0 radical (unpaired) electrons. The van der Waals surface area contributed by atoms with E-state index in [1.807, 2.05) is 0 Å². The van der Waals surface area contributed by atoms with Crippen LogP contribution >= 0.6 is 0 Å². The van der Waals surface area contributed by atoms with Gasteiger partial charge in [0.05, 0.1) is 19.1 Å². The largest absolute Gasteiger partial charge is 0.481 e. The van der Waals surface area contributed by atoms with Crippen molar-refractivity contribution in [2.75, 3.05) is 39.4 Å². The zero-order valence-corrected chi connectivity index (χ0v) is 12.3. The van der Waals surface area contributed by atoms with Crippen molar-refractivity contribution in [3.05, 3.63) is 0 Å². The summed E-state index contributed by atoms with van der Waals surface area (Å²) in [6.45, 7) is 7.75. The molecule has 5 nitrogen and oxygen atoms in total. The molecular weight excluding hydrogens is 256 g/mol. The molecule has 2 bridgehead atoms. The standard InChI is InChI=1S/C15H26N2O3/c1-2-5-17(14-10-20-9-12(14)15(18)19)13-4-7-16-6-3-11(13)8-16/h11-14H,2-10H2,1H3,(H,18,19). The molecule has 3 rings (SSSR count). The van der Waals surface area contributed by atoms with E-state index in [9.17, 15) is 9.90 Å². The quantitative estimate of drug-likeness (QED) is 0.812. The molecule has 0 aromatic rings. The molecule has 20 heavy (non-hydrogen) atoms. The molecule has 0 aliphatic carbocycles. The topological polar surface area (TPSA) is 53.0 Å². The van der Waals surface area contributed by atoms with Crippen molar-refractivity contribution < 1.29 is 14.6 Å². The van der Waals surface area contributed by atoms with E-state index in [0.717, 1.165) is 18.9 Å². The van der Waals surface area contributed by atoms with Gasteiger partial charge in [0.15, 0.2) is 0 Å². The fourth-order valence-electron chi connectivity index (χ4n) is 4.31. The summed E-state index contributed by atoms with van der Waals surface area (Å²) in [5.41, 5.74) is 0. The van der Waals surface area contributed by atoms with E-state index in [2.05, 4.69) is 16.7 Å². The number of hydrogen-bond donors (Lipinski definition) is 1. The molecule has 0 aromatic carbocycles. The molecule has 3 saturated heterocycles. The van der Waals surface area contributed by atoms with Crippen LogP contribution in [-0.4, -0.2) is 72.4 Å². The highest BCUT2D eigenvalue weighted by atomic mass is 16.5. The Hall–Kier alpha value is -0.650. The molecule has 5 atom stereocenters. The average Bonchev–Trinajstić information content (AvgIpc) is 3.04. The van der Waals surface area contributed by atoms with Gasteiger partial charge >= 0.3 is 5.97 Å². The number of nitrogens with zero attached hydrogens (tertiary/aromatic N) is 2. The Morgan fingerprint density at radius 1 is 1.30 bits per heavy atom. The second kappa shape index (κ2) is 6.00. The first-order chi connectivity index (χ1) is 9.70. The van der Waals surface area contributed by atoms with E-state index in [4.69, 9.17) is 4.74 Å². The summed E-state index contributed by atoms with van der Waals surface area (Å²) in [5.74, 6) is -0.316. The van der Waals surface area contributed by atoms with Crippen LogP contribution in [0.5, 0.6) is 0 Å². The second-order valence-corrected chi connectivity index (χ2v) is 6.49. The Kier molecular flexibility index (Phi) is 4.29. The van der Waals surface area contributed by atoms with Crippen LogP contribution in [0.25, 0.3) is 0 Å². The van der Waals surface area contributed by atoms with Crippen LogP contribution < -0.4 is 0 Å². The van der Waals surface area contributed by atoms with Crippen LogP contribution in [0.4, 0.5) is 0 Å². The van der Waals surface area contributed by atoms with Crippen LogP contribution in [0.1, 0.15) is 26.2 Å². The lowest BCUT2D eigenvalue weighted by Crippen LogP contribution is -2.54. The smallest absolute Gasteiger partial charge is 0.310 e. The number of aliphatic carboxylic acids is 1. The van der Waals surface area contributed by atoms with Crippen molar-refractivity contribution in [1.29, 1.82) is 0 Å². The number of carbonyl (C=O) groups is 1. The van der Waals surface area contributed by atoms with E-state index in [1.165, 1.54) is 32.5 Å². The molecule has 5 heteroatoms. The number of carboxylic acids is 1. The number of hydrogen-bond acceptors (Lipinski definition) is 4. The summed E-state index contributed by atoms with van der Waals surface area (Å²) < 4.78 is 5.50. The Bertz CT molecular complexity index is 363. The molecule has 3 fully saturated rings. The highest BCUT2D eigenvalue weighted by molar-refractivity contribution is 5.71. The first-order valence-corrected chi connectivity index (χ1v) is 7.99. The summed E-state index contributed by atoms with van der Waals surface area (Å²) in [5, 5.41) is 9.42. The van der Waals surface area contributed by atoms with Crippen LogP contribution in [-0.2, 0) is 9.53 Å². The lowest BCUT2D eigenvalue weighted by atomic mass is 9.89. The lowest BCUT2D eigenvalue weighted by molar-refractivity contribution is -0.143. The van der Waals surface area contributed by atoms with Gasteiger partial charge in [-0.1, -0.05) is 6.92 Å². The summed E-state index contributed by atoms with van der Waals surface area (Å²) in [6.07, 6.45) is 3.54. The van der Waals surface area contributed by atoms with Crippen LogP contribution in [0.15, 0.2) is 0 Å². The third-order valence-corrected chi connectivity index (χ3v) is 5.30. The maximum absolute atomic E-state index is 11.4. The molecule has 0 aromatic heterocycles. The number of carboxylic acid groups (broad SMARTS) is 1. The first-order valence-electron chi connectivity index (χ1n) is 7.99. The minimum Gasteiger partial charge on any atom is -0.481 e. The van der Waals surface area contributed by atoms with Crippen LogP contribution in [0.2, 0.25) is 0 Å². The second-order valence-electron chi connectivity index (χ2n) is 6.49. The lowest BCUT2D eigenvalue weighted by Gasteiger charge is -2.42. The van der Waals surface area contributed by atoms with Gasteiger partial charge in [-0.25, -0.2) is 0 Å². The Morgan fingerprint density at radius 3 is 2.85 bits per heavy atom. The highest BCUT2D eigenvalue weighted by Gasteiger charge is 2.44. The third-order valence-electron chi connectivity index (χ3n) is 5.30. The monoisotopic (exact) mass is 282 g/mol. The number of rotatable bonds is 5. The zero-order valence-electron chi connectivity index (χ0n) is 12.3. The molecular formula is C15H26N2O3. The molecule has 0 saturated carbocycles. The summed E-state index contributed by atoms with van der Waals surface area (Å²) >= 11 is 0. The van der Waals surface area contributed by atoms with Crippen LogP contribution in [0.3, 0.4) is 0 Å². The Balaban J connectivity index is 1.76. The summed E-state index contributed by atoms with van der Waals surface area (Å²) in [7, 11) is 0. The van der Waals surface area contributed by atoms with E-state index in [-0.39, 0.29) is 12.0 Å². The van der Waals surface area contributed by atoms with E-state index in [0.29, 0.717) is 19.3 Å². The van der Waals surface area contributed by atoms with Gasteiger partial charge in [-0.15, -0.1) is 0 Å². The predicted octanol–water partition coefficient (Wildman–Crippen LogP) is 0.892. The van der Waals surface area contributed by atoms with Crippen molar-refractivity contribution in [1.82, 2.24) is 9.80 Å². The fraction of sp³-hybridized carbons (Fsp3) is 0.933. The van der Waals surface area contributed by atoms with Gasteiger partial charge in [0, 0.05) is 18.6 Å². The van der Waals surface area contributed by atoms with Crippen molar-refractivity contribution in [3.63, 3.8) is 0 Å². The molecule has 3 aliphatic heterocycles. The van der Waals surface area contributed by atoms with Crippen molar-refractivity contribution in [3.8, 4) is 0 Å². The van der Waals surface area contributed by atoms with Crippen LogP contribution in [0, 0.1) is 11.8 Å². The minimum absolute atomic E-state index is 0.0737. The van der Waals surface area contributed by atoms with Gasteiger partial charge in [-0.05, 0) is 44.8 Å².